The number of nitrogens with one attached hydrogen (secondary N) is 3. The highest BCUT2D eigenvalue weighted by Crippen LogP contribution is 2.36. The molecule has 1 aliphatic rings. The third kappa shape index (κ3) is 4.45. The zero-order valence-corrected chi connectivity index (χ0v) is 15.4. The first-order valence-electron chi connectivity index (χ1n) is 8.64. The van der Waals surface area contributed by atoms with Crippen molar-refractivity contribution in [1.29, 1.82) is 0 Å². The molecule has 9 heteroatoms. The quantitative estimate of drug-likeness (QED) is 0.690. The summed E-state index contributed by atoms with van der Waals surface area (Å²) in [5.41, 5.74) is 0.766. The Morgan fingerprint density at radius 1 is 1.14 bits per heavy atom. The van der Waals surface area contributed by atoms with Crippen molar-refractivity contribution in [3.63, 3.8) is 0 Å². The van der Waals surface area contributed by atoms with E-state index in [1.165, 1.54) is 25.3 Å². The summed E-state index contributed by atoms with van der Waals surface area (Å²) in [5, 5.41) is 7.78. The van der Waals surface area contributed by atoms with Crippen molar-refractivity contribution in [2.75, 3.05) is 12.4 Å². The third-order valence-corrected chi connectivity index (χ3v) is 4.39. The second-order valence-corrected chi connectivity index (χ2v) is 6.18. The van der Waals surface area contributed by atoms with Gasteiger partial charge in [0, 0.05) is 11.3 Å². The van der Waals surface area contributed by atoms with Crippen LogP contribution in [0.5, 0.6) is 11.5 Å². The monoisotopic (exact) mass is 403 g/mol. The van der Waals surface area contributed by atoms with Gasteiger partial charge in [0.2, 0.25) is 5.91 Å². The van der Waals surface area contributed by atoms with E-state index >= 15 is 0 Å². The highest BCUT2D eigenvalue weighted by molar-refractivity contribution is 5.98. The lowest BCUT2D eigenvalue weighted by atomic mass is 9.87. The van der Waals surface area contributed by atoms with Crippen LogP contribution in [0.25, 0.3) is 0 Å². The number of carbonyl (C=O) groups is 2. The van der Waals surface area contributed by atoms with Crippen LogP contribution >= 0.6 is 0 Å². The predicted octanol–water partition coefficient (Wildman–Crippen LogP) is 3.42. The molecular weight excluding hydrogens is 384 g/mol. The standard InChI is InChI=1S/C20H19F2N3O4/c1-11-16(18(26)24-13-8-4-6-10-15(13)28-2)17(25-20(27)23-11)12-7-3-5-9-14(12)29-19(21)22/h3-10,16-17,19H,1H2,2H3,(H,24,26)(H2,23,25,27)/t16-,17-/m0/s1. The number of urea groups is 1. The Balaban J connectivity index is 1.96. The molecule has 2 atom stereocenters. The lowest BCUT2D eigenvalue weighted by molar-refractivity contribution is -0.119. The summed E-state index contributed by atoms with van der Waals surface area (Å²) in [5.74, 6) is -1.21. The van der Waals surface area contributed by atoms with Gasteiger partial charge in [-0.2, -0.15) is 8.78 Å². The van der Waals surface area contributed by atoms with E-state index in [2.05, 4.69) is 27.3 Å². The Hall–Kier alpha value is -3.62. The van der Waals surface area contributed by atoms with Gasteiger partial charge in [-0.25, -0.2) is 4.79 Å². The normalized spacial score (nSPS) is 18.6. The molecule has 0 aromatic heterocycles. The Morgan fingerprint density at radius 3 is 2.48 bits per heavy atom. The molecule has 0 radical (unpaired) electrons. The van der Waals surface area contributed by atoms with E-state index < -0.39 is 30.5 Å². The number of halogens is 2. The van der Waals surface area contributed by atoms with E-state index in [9.17, 15) is 18.4 Å². The molecule has 0 spiro atoms. The number of hydrogen-bond donors (Lipinski definition) is 3. The van der Waals surface area contributed by atoms with Crippen LogP contribution in [0.15, 0.2) is 60.8 Å². The zero-order valence-electron chi connectivity index (χ0n) is 15.4. The van der Waals surface area contributed by atoms with Crippen LogP contribution in [0.3, 0.4) is 0 Å². The topological polar surface area (TPSA) is 88.7 Å². The molecule has 2 aromatic rings. The number of hydrogen-bond acceptors (Lipinski definition) is 4. The van der Waals surface area contributed by atoms with Gasteiger partial charge in [-0.3, -0.25) is 4.79 Å². The highest BCUT2D eigenvalue weighted by atomic mass is 19.3. The van der Waals surface area contributed by atoms with Gasteiger partial charge in [0.15, 0.2) is 0 Å². The molecule has 1 saturated heterocycles. The molecule has 1 aliphatic heterocycles. The molecule has 0 aliphatic carbocycles. The maximum absolute atomic E-state index is 13.1. The van der Waals surface area contributed by atoms with Crippen LogP contribution in [-0.4, -0.2) is 25.7 Å². The largest absolute Gasteiger partial charge is 0.495 e. The first-order chi connectivity index (χ1) is 13.9. The smallest absolute Gasteiger partial charge is 0.387 e. The lowest BCUT2D eigenvalue weighted by Gasteiger charge is -2.34. The van der Waals surface area contributed by atoms with Gasteiger partial charge < -0.3 is 25.4 Å². The van der Waals surface area contributed by atoms with Gasteiger partial charge in [0.1, 0.15) is 17.4 Å². The lowest BCUT2D eigenvalue weighted by Crippen LogP contribution is -2.52. The Labute approximate surface area is 165 Å². The van der Waals surface area contributed by atoms with E-state index in [0.717, 1.165) is 0 Å². The van der Waals surface area contributed by atoms with Crippen molar-refractivity contribution in [2.45, 2.75) is 12.7 Å². The molecular formula is C20H19F2N3O4. The molecule has 0 saturated carbocycles. The number of rotatable bonds is 6. The molecule has 29 heavy (non-hydrogen) atoms. The fraction of sp³-hybridized carbons (Fsp3) is 0.200. The van der Waals surface area contributed by atoms with Gasteiger partial charge in [0.05, 0.1) is 18.8 Å². The van der Waals surface area contributed by atoms with Crippen molar-refractivity contribution in [1.82, 2.24) is 10.6 Å². The first kappa shape index (κ1) is 20.1. The van der Waals surface area contributed by atoms with Gasteiger partial charge in [-0.1, -0.05) is 36.9 Å². The number of para-hydroxylation sites is 3. The average Bonchev–Trinajstić information content (AvgIpc) is 2.67. The summed E-state index contributed by atoms with van der Waals surface area (Å²) in [4.78, 5) is 25.1. The fourth-order valence-corrected chi connectivity index (χ4v) is 3.15. The molecule has 1 heterocycles. The summed E-state index contributed by atoms with van der Waals surface area (Å²) in [6.07, 6.45) is 0. The summed E-state index contributed by atoms with van der Waals surface area (Å²) >= 11 is 0. The molecule has 3 amide bonds. The minimum Gasteiger partial charge on any atom is -0.495 e. The van der Waals surface area contributed by atoms with E-state index in [0.29, 0.717) is 11.4 Å². The van der Waals surface area contributed by atoms with Crippen molar-refractivity contribution in [2.24, 2.45) is 5.92 Å². The summed E-state index contributed by atoms with van der Waals surface area (Å²) < 4.78 is 35.4. The van der Waals surface area contributed by atoms with Crippen LogP contribution < -0.4 is 25.4 Å². The second kappa shape index (κ2) is 8.59. The number of amides is 3. The molecule has 3 N–H and O–H groups in total. The maximum atomic E-state index is 13.1. The molecule has 0 bridgehead atoms. The molecule has 0 unspecified atom stereocenters. The number of anilines is 1. The van der Waals surface area contributed by atoms with Crippen molar-refractivity contribution in [3.05, 3.63) is 66.4 Å². The summed E-state index contributed by atoms with van der Waals surface area (Å²) in [7, 11) is 1.47. The van der Waals surface area contributed by atoms with E-state index in [-0.39, 0.29) is 17.0 Å². The summed E-state index contributed by atoms with van der Waals surface area (Å²) in [6.45, 7) is 0.707. The van der Waals surface area contributed by atoms with Crippen LogP contribution in [-0.2, 0) is 4.79 Å². The second-order valence-electron chi connectivity index (χ2n) is 6.18. The van der Waals surface area contributed by atoms with Crippen molar-refractivity contribution < 1.29 is 27.8 Å². The van der Waals surface area contributed by atoms with E-state index in [4.69, 9.17) is 4.74 Å². The van der Waals surface area contributed by atoms with E-state index in [1.54, 1.807) is 30.3 Å². The minimum absolute atomic E-state index is 0.123. The van der Waals surface area contributed by atoms with Gasteiger partial charge in [0.25, 0.3) is 0 Å². The van der Waals surface area contributed by atoms with Gasteiger partial charge in [-0.15, -0.1) is 0 Å². The average molecular weight is 403 g/mol. The number of methoxy groups -OCH3 is 1. The van der Waals surface area contributed by atoms with Crippen LogP contribution in [0.4, 0.5) is 19.3 Å². The number of benzene rings is 2. The molecule has 152 valence electrons. The fourth-order valence-electron chi connectivity index (χ4n) is 3.15. The summed E-state index contributed by atoms with van der Waals surface area (Å²) in [6, 6.07) is 11.2. The van der Waals surface area contributed by atoms with Crippen molar-refractivity contribution >= 4 is 17.6 Å². The Bertz CT molecular complexity index is 935. The van der Waals surface area contributed by atoms with Crippen LogP contribution in [0, 0.1) is 5.92 Å². The van der Waals surface area contributed by atoms with E-state index in [1.807, 2.05) is 0 Å². The van der Waals surface area contributed by atoms with Gasteiger partial charge >= 0.3 is 12.6 Å². The van der Waals surface area contributed by atoms with Crippen LogP contribution in [0.2, 0.25) is 0 Å². The number of carbonyl (C=O) groups excluding carboxylic acids is 2. The van der Waals surface area contributed by atoms with Crippen LogP contribution in [0.1, 0.15) is 11.6 Å². The predicted molar refractivity (Wildman–Crippen MR) is 102 cm³/mol. The number of alkyl halides is 2. The number of ether oxygens (including phenoxy) is 2. The maximum Gasteiger partial charge on any atom is 0.387 e. The Morgan fingerprint density at radius 2 is 1.79 bits per heavy atom. The molecule has 1 fully saturated rings. The zero-order chi connectivity index (χ0) is 21.0. The SMILES string of the molecule is C=C1NC(=O)N[C@@H](c2ccccc2OC(F)F)[C@H]1C(=O)Nc1ccccc1OC. The van der Waals surface area contributed by atoms with Crippen molar-refractivity contribution in [3.8, 4) is 11.5 Å². The molecule has 7 nitrogen and oxygen atoms in total. The first-order valence-corrected chi connectivity index (χ1v) is 8.64. The highest BCUT2D eigenvalue weighted by Gasteiger charge is 2.39. The third-order valence-electron chi connectivity index (χ3n) is 4.39. The molecule has 2 aromatic carbocycles. The Kier molecular flexibility index (Phi) is 5.96. The van der Waals surface area contributed by atoms with Gasteiger partial charge in [-0.05, 0) is 18.2 Å². The molecule has 3 rings (SSSR count). The minimum atomic E-state index is -3.06.